The second-order valence-corrected chi connectivity index (χ2v) is 4.83. The van der Waals surface area contributed by atoms with E-state index in [-0.39, 0.29) is 12.4 Å². The van der Waals surface area contributed by atoms with E-state index in [0.717, 1.165) is 13.1 Å². The standard InChI is InChI=1S/C14H18N4O2.ClH/c1-3-20-14(19)12-4-11(6-16)13(17-9(12)2)18-7-10(5-15)8-18;/h4,10H,3,5,7-8,15H2,1-2H3;1H. The van der Waals surface area contributed by atoms with E-state index in [4.69, 9.17) is 10.5 Å². The number of aryl methyl sites for hydroxylation is 1. The zero-order valence-electron chi connectivity index (χ0n) is 12.1. The third-order valence-electron chi connectivity index (χ3n) is 3.40. The highest BCUT2D eigenvalue weighted by Crippen LogP contribution is 2.27. The van der Waals surface area contributed by atoms with Gasteiger partial charge in [-0.2, -0.15) is 5.26 Å². The molecule has 0 atom stereocenters. The zero-order chi connectivity index (χ0) is 14.7. The van der Waals surface area contributed by atoms with Crippen molar-refractivity contribution in [3.63, 3.8) is 0 Å². The van der Waals surface area contributed by atoms with Gasteiger partial charge in [-0.25, -0.2) is 9.78 Å². The van der Waals surface area contributed by atoms with Crippen molar-refractivity contribution < 1.29 is 9.53 Å². The fraction of sp³-hybridized carbons (Fsp3) is 0.500. The monoisotopic (exact) mass is 310 g/mol. The molecule has 21 heavy (non-hydrogen) atoms. The lowest BCUT2D eigenvalue weighted by Gasteiger charge is -2.40. The van der Waals surface area contributed by atoms with Gasteiger partial charge < -0.3 is 15.4 Å². The third-order valence-corrected chi connectivity index (χ3v) is 3.40. The van der Waals surface area contributed by atoms with Crippen molar-refractivity contribution in [1.82, 2.24) is 4.98 Å². The van der Waals surface area contributed by atoms with Crippen LogP contribution in [0, 0.1) is 24.2 Å². The Morgan fingerprint density at radius 1 is 1.62 bits per heavy atom. The quantitative estimate of drug-likeness (QED) is 0.842. The second kappa shape index (κ2) is 7.25. The number of carbonyl (C=O) groups is 1. The maximum Gasteiger partial charge on any atom is 0.340 e. The number of nitriles is 1. The summed E-state index contributed by atoms with van der Waals surface area (Å²) in [5, 5.41) is 9.24. The van der Waals surface area contributed by atoms with Gasteiger partial charge in [-0.05, 0) is 26.5 Å². The fourth-order valence-electron chi connectivity index (χ4n) is 2.22. The minimum absolute atomic E-state index is 0. The number of anilines is 1. The lowest BCUT2D eigenvalue weighted by atomic mass is 9.99. The lowest BCUT2D eigenvalue weighted by Crippen LogP contribution is -2.50. The van der Waals surface area contributed by atoms with Gasteiger partial charge in [-0.1, -0.05) is 0 Å². The van der Waals surface area contributed by atoms with Crippen LogP contribution in [0.4, 0.5) is 5.82 Å². The number of nitrogens with zero attached hydrogens (tertiary/aromatic N) is 3. The molecule has 0 aromatic carbocycles. The number of carbonyl (C=O) groups excluding carboxylic acids is 1. The van der Waals surface area contributed by atoms with Crippen molar-refractivity contribution in [3.8, 4) is 6.07 Å². The summed E-state index contributed by atoms with van der Waals surface area (Å²) >= 11 is 0. The minimum atomic E-state index is -0.441. The van der Waals surface area contributed by atoms with Crippen LogP contribution in [-0.4, -0.2) is 37.2 Å². The first-order valence-corrected chi connectivity index (χ1v) is 6.64. The van der Waals surface area contributed by atoms with Crippen molar-refractivity contribution in [2.45, 2.75) is 13.8 Å². The van der Waals surface area contributed by atoms with Crippen LogP contribution in [0.1, 0.15) is 28.5 Å². The molecule has 2 rings (SSSR count). The van der Waals surface area contributed by atoms with Crippen molar-refractivity contribution in [3.05, 3.63) is 22.9 Å². The van der Waals surface area contributed by atoms with E-state index in [1.165, 1.54) is 0 Å². The van der Waals surface area contributed by atoms with E-state index in [1.807, 2.05) is 4.90 Å². The van der Waals surface area contributed by atoms with Gasteiger partial charge in [-0.15, -0.1) is 12.4 Å². The van der Waals surface area contributed by atoms with E-state index in [1.54, 1.807) is 19.9 Å². The molecule has 2 N–H and O–H groups in total. The highest BCUT2D eigenvalue weighted by Gasteiger charge is 2.29. The van der Waals surface area contributed by atoms with Gasteiger partial charge >= 0.3 is 5.97 Å². The summed E-state index contributed by atoms with van der Waals surface area (Å²) in [5.74, 6) is 0.639. The smallest absolute Gasteiger partial charge is 0.340 e. The normalized spacial score (nSPS) is 13.9. The predicted octanol–water partition coefficient (Wildman–Crippen LogP) is 1.26. The van der Waals surface area contributed by atoms with Gasteiger partial charge in [0.2, 0.25) is 0 Å². The molecule has 6 nitrogen and oxygen atoms in total. The molecule has 2 heterocycles. The maximum atomic E-state index is 11.8. The number of hydrogen-bond donors (Lipinski definition) is 1. The summed E-state index contributed by atoms with van der Waals surface area (Å²) in [6.45, 7) is 6.03. The SMILES string of the molecule is CCOC(=O)c1cc(C#N)c(N2CC(CN)C2)nc1C.Cl. The summed E-state index contributed by atoms with van der Waals surface area (Å²) in [4.78, 5) is 18.2. The van der Waals surface area contributed by atoms with Crippen molar-refractivity contribution in [2.24, 2.45) is 11.7 Å². The first-order chi connectivity index (χ1) is 9.60. The molecule has 0 spiro atoms. The largest absolute Gasteiger partial charge is 0.462 e. The molecule has 1 aromatic heterocycles. The molecule has 0 aliphatic carbocycles. The number of pyridine rings is 1. The Kier molecular flexibility index (Phi) is 5.94. The molecular weight excluding hydrogens is 292 g/mol. The molecule has 0 unspecified atom stereocenters. The number of ether oxygens (including phenoxy) is 1. The van der Waals surface area contributed by atoms with Gasteiger partial charge in [-0.3, -0.25) is 0 Å². The van der Waals surface area contributed by atoms with Crippen LogP contribution in [0.25, 0.3) is 0 Å². The van der Waals surface area contributed by atoms with Crippen LogP contribution in [0.15, 0.2) is 6.07 Å². The molecule has 0 bridgehead atoms. The molecule has 0 saturated carbocycles. The fourth-order valence-corrected chi connectivity index (χ4v) is 2.22. The van der Waals surface area contributed by atoms with Crippen LogP contribution in [0.2, 0.25) is 0 Å². The van der Waals surface area contributed by atoms with Crippen molar-refractivity contribution in [2.75, 3.05) is 31.1 Å². The highest BCUT2D eigenvalue weighted by molar-refractivity contribution is 5.91. The van der Waals surface area contributed by atoms with Gasteiger partial charge in [0, 0.05) is 19.0 Å². The second-order valence-electron chi connectivity index (χ2n) is 4.83. The number of rotatable bonds is 4. The van der Waals surface area contributed by atoms with Crippen molar-refractivity contribution >= 4 is 24.2 Å². The number of halogens is 1. The molecule has 114 valence electrons. The molecule has 1 saturated heterocycles. The first kappa shape index (κ1) is 17.2. The Balaban J connectivity index is 0.00000220. The zero-order valence-corrected chi connectivity index (χ0v) is 12.9. The summed E-state index contributed by atoms with van der Waals surface area (Å²) in [6, 6.07) is 3.66. The van der Waals surface area contributed by atoms with Gasteiger partial charge in [0.25, 0.3) is 0 Å². The Morgan fingerprint density at radius 3 is 2.81 bits per heavy atom. The molecule has 1 fully saturated rings. The molecule has 1 aromatic rings. The van der Waals surface area contributed by atoms with E-state index in [2.05, 4.69) is 11.1 Å². The first-order valence-electron chi connectivity index (χ1n) is 6.64. The number of esters is 1. The number of hydrogen-bond acceptors (Lipinski definition) is 6. The Bertz CT molecular complexity index is 565. The summed E-state index contributed by atoms with van der Waals surface area (Å²) in [6.07, 6.45) is 0. The summed E-state index contributed by atoms with van der Waals surface area (Å²) < 4.78 is 4.96. The predicted molar refractivity (Wildman–Crippen MR) is 81.7 cm³/mol. The van der Waals surface area contributed by atoms with Gasteiger partial charge in [0.15, 0.2) is 0 Å². The third kappa shape index (κ3) is 3.43. The van der Waals surface area contributed by atoms with Crippen LogP contribution < -0.4 is 10.6 Å². The maximum absolute atomic E-state index is 11.8. The summed E-state index contributed by atoms with van der Waals surface area (Å²) in [7, 11) is 0. The average molecular weight is 311 g/mol. The topological polar surface area (TPSA) is 92.2 Å². The van der Waals surface area contributed by atoms with E-state index < -0.39 is 5.97 Å². The summed E-state index contributed by atoms with van der Waals surface area (Å²) in [5.41, 5.74) is 6.92. The molecule has 0 radical (unpaired) electrons. The Morgan fingerprint density at radius 2 is 2.29 bits per heavy atom. The molecule has 0 amide bonds. The van der Waals surface area contributed by atoms with E-state index >= 15 is 0 Å². The highest BCUT2D eigenvalue weighted by atomic mass is 35.5. The van der Waals surface area contributed by atoms with Crippen molar-refractivity contribution in [1.29, 1.82) is 5.26 Å². The van der Waals surface area contributed by atoms with Gasteiger partial charge in [0.1, 0.15) is 11.9 Å². The van der Waals surface area contributed by atoms with E-state index in [9.17, 15) is 10.1 Å². The molecule has 1 aliphatic rings. The Hall–Kier alpha value is -1.84. The van der Waals surface area contributed by atoms with Crippen LogP contribution >= 0.6 is 12.4 Å². The van der Waals surface area contributed by atoms with E-state index in [0.29, 0.717) is 41.7 Å². The number of aromatic nitrogens is 1. The van der Waals surface area contributed by atoms with Crippen LogP contribution in [0.5, 0.6) is 0 Å². The van der Waals surface area contributed by atoms with Crippen LogP contribution in [0.3, 0.4) is 0 Å². The number of nitrogens with two attached hydrogens (primary N) is 1. The average Bonchev–Trinajstić information content (AvgIpc) is 2.38. The molecule has 7 heteroatoms. The molecular formula is C14H19ClN4O2. The Labute approximate surface area is 130 Å². The minimum Gasteiger partial charge on any atom is -0.462 e. The van der Waals surface area contributed by atoms with Gasteiger partial charge in [0.05, 0.1) is 23.4 Å². The molecule has 1 aliphatic heterocycles. The lowest BCUT2D eigenvalue weighted by molar-refractivity contribution is 0.0525. The van der Waals surface area contributed by atoms with Crippen LogP contribution in [-0.2, 0) is 4.74 Å².